The fourth-order valence-corrected chi connectivity index (χ4v) is 10.2. The number of anilines is 3. The molecular formula is C58H37N5O. The third-order valence-electron chi connectivity index (χ3n) is 12.9. The van der Waals surface area contributed by atoms with Crippen molar-refractivity contribution in [1.82, 2.24) is 19.5 Å². The lowest BCUT2D eigenvalue weighted by molar-refractivity contribution is 0.439. The monoisotopic (exact) mass is 819 g/mol. The summed E-state index contributed by atoms with van der Waals surface area (Å²) < 4.78 is 9.59. The second kappa shape index (κ2) is 14.2. The highest BCUT2D eigenvalue weighted by Crippen LogP contribution is 2.64. The zero-order valence-electron chi connectivity index (χ0n) is 34.5. The van der Waals surface area contributed by atoms with Crippen molar-refractivity contribution in [3.63, 3.8) is 0 Å². The molecule has 11 aromatic rings. The average Bonchev–Trinajstić information content (AvgIpc) is 3.72. The van der Waals surface area contributed by atoms with Gasteiger partial charge in [0.25, 0.3) is 0 Å². The Morgan fingerprint density at radius 3 is 1.48 bits per heavy atom. The number of aromatic nitrogens is 4. The number of fused-ring (bicyclic) bond motifs is 12. The van der Waals surface area contributed by atoms with E-state index in [1.165, 1.54) is 11.1 Å². The van der Waals surface area contributed by atoms with E-state index in [-0.39, 0.29) is 0 Å². The Kier molecular flexibility index (Phi) is 8.02. The zero-order chi connectivity index (χ0) is 42.2. The molecule has 13 rings (SSSR count). The number of hydrogen-bond donors (Lipinski definition) is 0. The summed E-state index contributed by atoms with van der Waals surface area (Å²) in [5, 5.41) is 2.19. The molecule has 0 atom stereocenters. The van der Waals surface area contributed by atoms with Crippen LogP contribution in [-0.2, 0) is 5.41 Å². The maximum absolute atomic E-state index is 7.24. The van der Waals surface area contributed by atoms with Crippen molar-refractivity contribution in [3.05, 3.63) is 247 Å². The highest BCUT2D eigenvalue weighted by molar-refractivity contribution is 6.13. The molecule has 2 aromatic heterocycles. The van der Waals surface area contributed by atoms with Gasteiger partial charge in [0.1, 0.15) is 11.5 Å². The first-order valence-electron chi connectivity index (χ1n) is 21.6. The smallest absolute Gasteiger partial charge is 0.164 e. The molecule has 0 bridgehead atoms. The van der Waals surface area contributed by atoms with Crippen LogP contribution in [0.15, 0.2) is 224 Å². The van der Waals surface area contributed by atoms with Crippen molar-refractivity contribution in [2.75, 3.05) is 4.90 Å². The highest BCUT2D eigenvalue weighted by atomic mass is 16.5. The Morgan fingerprint density at radius 1 is 0.359 bits per heavy atom. The molecule has 4 heterocycles. The van der Waals surface area contributed by atoms with Crippen LogP contribution >= 0.6 is 0 Å². The maximum atomic E-state index is 7.24. The number of ether oxygens (including phenoxy) is 1. The molecule has 0 saturated heterocycles. The van der Waals surface area contributed by atoms with E-state index in [1.54, 1.807) is 0 Å². The minimum Gasteiger partial charge on any atom is -0.456 e. The first kappa shape index (κ1) is 36.1. The van der Waals surface area contributed by atoms with Gasteiger partial charge in [0.2, 0.25) is 0 Å². The molecular weight excluding hydrogens is 783 g/mol. The molecule has 6 nitrogen and oxygen atoms in total. The van der Waals surface area contributed by atoms with Crippen LogP contribution in [-0.4, -0.2) is 19.5 Å². The summed E-state index contributed by atoms with van der Waals surface area (Å²) in [6.45, 7) is 0. The van der Waals surface area contributed by atoms with Crippen LogP contribution in [0, 0.1) is 0 Å². The molecule has 300 valence electrons. The second-order valence-corrected chi connectivity index (χ2v) is 16.3. The van der Waals surface area contributed by atoms with Crippen molar-refractivity contribution >= 4 is 38.9 Å². The predicted octanol–water partition coefficient (Wildman–Crippen LogP) is 14.2. The Labute approximate surface area is 370 Å². The zero-order valence-corrected chi connectivity index (χ0v) is 34.5. The molecule has 9 aromatic carbocycles. The predicted molar refractivity (Wildman–Crippen MR) is 257 cm³/mol. The second-order valence-electron chi connectivity index (χ2n) is 16.3. The molecule has 64 heavy (non-hydrogen) atoms. The van der Waals surface area contributed by atoms with Gasteiger partial charge in [-0.2, -0.15) is 0 Å². The Morgan fingerprint density at radius 2 is 0.859 bits per heavy atom. The molecule has 2 aliphatic heterocycles. The van der Waals surface area contributed by atoms with Crippen molar-refractivity contribution in [1.29, 1.82) is 0 Å². The Balaban J connectivity index is 1.02. The molecule has 2 aliphatic rings. The maximum Gasteiger partial charge on any atom is 0.164 e. The van der Waals surface area contributed by atoms with E-state index in [0.717, 1.165) is 83.9 Å². The number of hydrogen-bond acceptors (Lipinski definition) is 5. The summed E-state index contributed by atoms with van der Waals surface area (Å²) in [7, 11) is 0. The lowest BCUT2D eigenvalue weighted by Crippen LogP contribution is -2.39. The SMILES string of the molecule is c1ccc(-c2nc(-c3ccccc3)nc(-c3ccc(-n4c5ccccc5c5c6c(ccc54)C4(c5ccccc5O6)c5ccccc5N(c5ccccc5)c5ccccc54)cc3)n2)cc1. The number of rotatable bonds is 5. The summed E-state index contributed by atoms with van der Waals surface area (Å²) in [5.74, 6) is 3.61. The number of benzene rings is 9. The van der Waals surface area contributed by atoms with E-state index >= 15 is 0 Å². The molecule has 0 fully saturated rings. The van der Waals surface area contributed by atoms with Crippen LogP contribution < -0.4 is 9.64 Å². The summed E-state index contributed by atoms with van der Waals surface area (Å²) in [4.78, 5) is 17.3. The van der Waals surface area contributed by atoms with Crippen molar-refractivity contribution in [3.8, 4) is 51.3 Å². The standard InChI is InChI=1S/C58H37N5O/c1-4-18-38(19-5-1)55-59-56(39-20-6-2-7-21-39)61-57(60-55)40-32-34-42(35-33-40)62-48-28-14-10-24-43(48)53-51(62)37-36-47-54(53)64-52-31-17-13-27-46(52)58(47)44-25-11-15-29-49(44)63(41-22-8-3-9-23-41)50-30-16-12-26-45(50)58/h1-37H. The van der Waals surface area contributed by atoms with E-state index in [0.29, 0.717) is 17.5 Å². The highest BCUT2D eigenvalue weighted by Gasteiger charge is 2.51. The molecule has 0 aliphatic carbocycles. The van der Waals surface area contributed by atoms with Gasteiger partial charge in [0.15, 0.2) is 17.5 Å². The topological polar surface area (TPSA) is 56.1 Å². The molecule has 6 heteroatoms. The van der Waals surface area contributed by atoms with Crippen molar-refractivity contribution in [2.45, 2.75) is 5.41 Å². The summed E-state index contributed by atoms with van der Waals surface area (Å²) in [6, 6.07) is 79.0. The molecule has 0 amide bonds. The van der Waals surface area contributed by atoms with Crippen molar-refractivity contribution < 1.29 is 4.74 Å². The summed E-state index contributed by atoms with van der Waals surface area (Å²) in [6.07, 6.45) is 0. The largest absolute Gasteiger partial charge is 0.456 e. The number of nitrogens with zero attached hydrogens (tertiary/aromatic N) is 5. The summed E-state index contributed by atoms with van der Waals surface area (Å²) >= 11 is 0. The van der Waals surface area contributed by atoms with Crippen LogP contribution in [0.5, 0.6) is 11.5 Å². The van der Waals surface area contributed by atoms with Gasteiger partial charge in [-0.05, 0) is 77.9 Å². The first-order valence-corrected chi connectivity index (χ1v) is 21.6. The third kappa shape index (κ3) is 5.29. The normalized spacial score (nSPS) is 13.2. The third-order valence-corrected chi connectivity index (χ3v) is 12.9. The Bertz CT molecular complexity index is 3480. The molecule has 0 unspecified atom stereocenters. The molecule has 0 radical (unpaired) electrons. The molecule has 1 spiro atoms. The van der Waals surface area contributed by atoms with Crippen molar-refractivity contribution in [2.24, 2.45) is 0 Å². The average molecular weight is 820 g/mol. The summed E-state index contributed by atoms with van der Waals surface area (Å²) in [5.41, 5.74) is 13.3. The van der Waals surface area contributed by atoms with E-state index < -0.39 is 5.41 Å². The van der Waals surface area contributed by atoms with E-state index in [9.17, 15) is 0 Å². The van der Waals surface area contributed by atoms with Crippen LogP contribution in [0.4, 0.5) is 17.1 Å². The van der Waals surface area contributed by atoms with Crippen LogP contribution in [0.1, 0.15) is 22.3 Å². The minimum absolute atomic E-state index is 0.617. The Hall–Kier alpha value is -8.61. The molecule has 0 saturated carbocycles. The van der Waals surface area contributed by atoms with Gasteiger partial charge < -0.3 is 14.2 Å². The van der Waals surface area contributed by atoms with Crippen LogP contribution in [0.25, 0.3) is 61.7 Å². The van der Waals surface area contributed by atoms with Gasteiger partial charge in [-0.1, -0.05) is 158 Å². The first-order chi connectivity index (χ1) is 31.8. The number of para-hydroxylation sites is 5. The quantitative estimate of drug-likeness (QED) is 0.173. The van der Waals surface area contributed by atoms with E-state index in [2.05, 4.69) is 173 Å². The van der Waals surface area contributed by atoms with Gasteiger partial charge >= 0.3 is 0 Å². The fourth-order valence-electron chi connectivity index (χ4n) is 10.2. The van der Waals surface area contributed by atoms with Gasteiger partial charge in [0, 0.05) is 44.6 Å². The fraction of sp³-hybridized carbons (Fsp3) is 0.0172. The lowest BCUT2D eigenvalue weighted by atomic mass is 9.61. The van der Waals surface area contributed by atoms with Gasteiger partial charge in [-0.15, -0.1) is 0 Å². The van der Waals surface area contributed by atoms with Gasteiger partial charge in [0.05, 0.1) is 33.2 Å². The van der Waals surface area contributed by atoms with Crippen LogP contribution in [0.2, 0.25) is 0 Å². The minimum atomic E-state index is -0.677. The van der Waals surface area contributed by atoms with Crippen LogP contribution in [0.3, 0.4) is 0 Å². The van der Waals surface area contributed by atoms with E-state index in [4.69, 9.17) is 19.7 Å². The molecule has 0 N–H and O–H groups in total. The van der Waals surface area contributed by atoms with Gasteiger partial charge in [-0.25, -0.2) is 15.0 Å². The van der Waals surface area contributed by atoms with E-state index in [1.807, 2.05) is 60.7 Å². The van der Waals surface area contributed by atoms with Gasteiger partial charge in [-0.3, -0.25) is 0 Å². The lowest BCUT2D eigenvalue weighted by Gasteiger charge is -2.48.